The van der Waals surface area contributed by atoms with Crippen LogP contribution in [0.25, 0.3) is 10.4 Å². The fraction of sp³-hybridized carbons (Fsp3) is 0.450. The van der Waals surface area contributed by atoms with Gasteiger partial charge in [0, 0.05) is 17.7 Å². The van der Waals surface area contributed by atoms with Gasteiger partial charge in [-0.2, -0.15) is 4.98 Å². The van der Waals surface area contributed by atoms with E-state index in [1.807, 2.05) is 0 Å². The van der Waals surface area contributed by atoms with E-state index >= 15 is 0 Å². The van der Waals surface area contributed by atoms with Crippen molar-refractivity contribution in [2.24, 2.45) is 5.11 Å². The lowest BCUT2D eigenvalue weighted by Crippen LogP contribution is -2.45. The zero-order chi connectivity index (χ0) is 27.1. The number of ether oxygens (including phenoxy) is 2. The molecular weight excluding hydrogens is 513 g/mol. The van der Waals surface area contributed by atoms with Gasteiger partial charge < -0.3 is 29.9 Å². The lowest BCUT2D eigenvalue weighted by atomic mass is 10.1. The summed E-state index contributed by atoms with van der Waals surface area (Å²) in [6.45, 7) is 0.724. The molecule has 17 heteroatoms. The molecular formula is C20H26N7O9P. The van der Waals surface area contributed by atoms with Gasteiger partial charge in [0.2, 0.25) is 5.72 Å². The van der Waals surface area contributed by atoms with Crippen LogP contribution in [0.1, 0.15) is 19.6 Å². The van der Waals surface area contributed by atoms with Crippen LogP contribution in [0.3, 0.4) is 0 Å². The van der Waals surface area contributed by atoms with E-state index in [0.29, 0.717) is 0 Å². The van der Waals surface area contributed by atoms with E-state index in [0.717, 1.165) is 4.57 Å². The maximum Gasteiger partial charge on any atom is 0.458 e. The topological polar surface area (TPSA) is 233 Å². The molecule has 1 aliphatic heterocycles. The largest absolute Gasteiger partial charge is 0.466 e. The minimum Gasteiger partial charge on any atom is -0.466 e. The molecule has 1 fully saturated rings. The Bertz CT molecular complexity index is 1240. The lowest BCUT2D eigenvalue weighted by molar-refractivity contribution is -0.142. The number of hydrogen-bond acceptors (Lipinski definition) is 12. The number of carbonyl (C=O) groups excluding carboxylic acids is 1. The van der Waals surface area contributed by atoms with Crippen molar-refractivity contribution in [2.75, 3.05) is 25.5 Å². The molecule has 5 atom stereocenters. The highest BCUT2D eigenvalue weighted by atomic mass is 31.2. The molecule has 1 saturated heterocycles. The van der Waals surface area contributed by atoms with Gasteiger partial charge in [0.1, 0.15) is 23.8 Å². The molecule has 0 saturated carbocycles. The Hall–Kier alpha value is -3.49. The molecule has 0 bridgehead atoms. The Morgan fingerprint density at radius 2 is 2.11 bits per heavy atom. The molecule has 2 unspecified atom stereocenters. The zero-order valence-corrected chi connectivity index (χ0v) is 20.5. The second-order valence-corrected chi connectivity index (χ2v) is 9.41. The van der Waals surface area contributed by atoms with Crippen molar-refractivity contribution in [3.8, 4) is 5.75 Å². The van der Waals surface area contributed by atoms with E-state index in [9.17, 15) is 24.4 Å². The number of anilines is 1. The molecule has 0 amide bonds. The maximum absolute atomic E-state index is 13.5. The second-order valence-electron chi connectivity index (χ2n) is 7.66. The van der Waals surface area contributed by atoms with Crippen LogP contribution in [0.2, 0.25) is 0 Å². The summed E-state index contributed by atoms with van der Waals surface area (Å²) in [6.07, 6.45) is -4.28. The van der Waals surface area contributed by atoms with Crippen LogP contribution in [-0.2, 0) is 23.4 Å². The Morgan fingerprint density at radius 3 is 2.76 bits per heavy atom. The summed E-state index contributed by atoms with van der Waals surface area (Å²) in [4.78, 5) is 30.1. The quantitative estimate of drug-likeness (QED) is 0.0965. The molecule has 1 aliphatic rings. The summed E-state index contributed by atoms with van der Waals surface area (Å²) < 4.78 is 35.7. The van der Waals surface area contributed by atoms with Crippen molar-refractivity contribution in [1.29, 1.82) is 0 Å². The summed E-state index contributed by atoms with van der Waals surface area (Å²) >= 11 is 0. The number of aromatic nitrogens is 2. The van der Waals surface area contributed by atoms with E-state index in [1.54, 1.807) is 25.1 Å². The van der Waals surface area contributed by atoms with Crippen molar-refractivity contribution < 1.29 is 38.1 Å². The normalized spacial score (nSPS) is 24.6. The lowest BCUT2D eigenvalue weighted by Gasteiger charge is -2.28. The number of aliphatic hydroxyl groups is 2. The van der Waals surface area contributed by atoms with Gasteiger partial charge in [0.25, 0.3) is 0 Å². The Morgan fingerprint density at radius 1 is 1.38 bits per heavy atom. The van der Waals surface area contributed by atoms with Crippen LogP contribution in [0.5, 0.6) is 5.75 Å². The number of rotatable bonds is 12. The van der Waals surface area contributed by atoms with Crippen molar-refractivity contribution in [1.82, 2.24) is 14.6 Å². The smallest absolute Gasteiger partial charge is 0.458 e. The van der Waals surface area contributed by atoms with Crippen LogP contribution in [0.4, 0.5) is 5.82 Å². The molecule has 0 spiro atoms. The van der Waals surface area contributed by atoms with Crippen LogP contribution in [0.15, 0.2) is 52.5 Å². The highest BCUT2D eigenvalue weighted by Crippen LogP contribution is 2.47. The Labute approximate surface area is 210 Å². The van der Waals surface area contributed by atoms with Gasteiger partial charge in [-0.3, -0.25) is 13.9 Å². The molecule has 0 radical (unpaired) electrons. The SMILES string of the molecule is CCOC(=O)CCNP(=O)(OCC1(N=[N+]=[N-])O[C@@H](n2ccc(N)nc2=O)[C@H](O)[C@@H]1O)Oc1ccccc1. The molecule has 2 heterocycles. The van der Waals surface area contributed by atoms with E-state index in [4.69, 9.17) is 29.8 Å². The molecule has 200 valence electrons. The van der Waals surface area contributed by atoms with Gasteiger partial charge in [0.05, 0.1) is 19.6 Å². The van der Waals surface area contributed by atoms with Gasteiger partial charge in [-0.05, 0) is 30.7 Å². The molecule has 1 aromatic heterocycles. The number of hydrogen-bond donors (Lipinski definition) is 4. The van der Waals surface area contributed by atoms with Crippen molar-refractivity contribution in [2.45, 2.75) is 37.5 Å². The summed E-state index contributed by atoms with van der Waals surface area (Å²) in [5.74, 6) is -0.515. The third-order valence-corrected chi connectivity index (χ3v) is 6.62. The standard InChI is InChI=1S/C20H26N7O9P/c1-2-33-15(28)8-10-23-37(32,36-13-6-4-3-5-7-13)34-12-20(25-26-22)17(30)16(29)18(35-20)27-11-9-14(21)24-19(27)31/h3-7,9,11,16-18,29-30H,2,8,10,12H2,1H3,(H,23,32)(H2,21,24,31)/t16-,17+,18-,20?,37?/m1/s1. The van der Waals surface area contributed by atoms with E-state index in [1.165, 1.54) is 24.4 Å². The molecule has 1 aromatic carbocycles. The first-order chi connectivity index (χ1) is 17.6. The van der Waals surface area contributed by atoms with Crippen LogP contribution < -0.4 is 21.0 Å². The van der Waals surface area contributed by atoms with Crippen molar-refractivity contribution >= 4 is 19.5 Å². The number of benzene rings is 1. The number of nitrogens with two attached hydrogens (primary N) is 1. The molecule has 5 N–H and O–H groups in total. The average Bonchev–Trinajstić information content (AvgIpc) is 3.09. The summed E-state index contributed by atoms with van der Waals surface area (Å²) in [6, 6.07) is 9.16. The van der Waals surface area contributed by atoms with Crippen molar-refractivity contribution in [3.05, 3.63) is 63.5 Å². The van der Waals surface area contributed by atoms with Gasteiger partial charge in [0.15, 0.2) is 6.23 Å². The number of nitrogens with one attached hydrogen (secondary N) is 1. The molecule has 3 rings (SSSR count). The number of azide groups is 1. The van der Waals surface area contributed by atoms with Crippen LogP contribution >= 0.6 is 7.75 Å². The minimum atomic E-state index is -4.30. The van der Waals surface area contributed by atoms with Gasteiger partial charge in [-0.1, -0.05) is 23.3 Å². The highest BCUT2D eigenvalue weighted by Gasteiger charge is 2.56. The predicted octanol–water partition coefficient (Wildman–Crippen LogP) is 0.829. The summed E-state index contributed by atoms with van der Waals surface area (Å²) in [5.41, 5.74) is 11.4. The number of aliphatic hydroxyl groups excluding tert-OH is 2. The molecule has 16 nitrogen and oxygen atoms in total. The van der Waals surface area contributed by atoms with E-state index in [2.05, 4.69) is 20.1 Å². The van der Waals surface area contributed by atoms with Gasteiger partial charge >= 0.3 is 19.4 Å². The number of para-hydroxylation sites is 1. The van der Waals surface area contributed by atoms with E-state index in [-0.39, 0.29) is 31.1 Å². The zero-order valence-electron chi connectivity index (χ0n) is 19.6. The Balaban J connectivity index is 1.84. The van der Waals surface area contributed by atoms with E-state index < -0.39 is 50.2 Å². The molecule has 37 heavy (non-hydrogen) atoms. The van der Waals surface area contributed by atoms with Gasteiger partial charge in [-0.25, -0.2) is 14.4 Å². The van der Waals surface area contributed by atoms with Crippen LogP contribution in [-0.4, -0.2) is 63.4 Å². The maximum atomic E-state index is 13.5. The third kappa shape index (κ3) is 6.84. The minimum absolute atomic E-state index is 0.0909. The number of nitrogens with zero attached hydrogens (tertiary/aromatic N) is 5. The first kappa shape index (κ1) is 28.1. The molecule has 2 aromatic rings. The highest BCUT2D eigenvalue weighted by molar-refractivity contribution is 7.52. The first-order valence-electron chi connectivity index (χ1n) is 11.0. The van der Waals surface area contributed by atoms with Gasteiger partial charge in [-0.15, -0.1) is 0 Å². The second kappa shape index (κ2) is 12.2. The fourth-order valence-corrected chi connectivity index (χ4v) is 4.70. The predicted molar refractivity (Wildman–Crippen MR) is 127 cm³/mol. The third-order valence-electron chi connectivity index (χ3n) is 5.09. The van der Waals surface area contributed by atoms with Crippen molar-refractivity contribution in [3.63, 3.8) is 0 Å². The number of carbonyl (C=O) groups is 1. The summed E-state index contributed by atoms with van der Waals surface area (Å²) in [7, 11) is -4.30. The van der Waals surface area contributed by atoms with Crippen LogP contribution in [0, 0.1) is 0 Å². The first-order valence-corrected chi connectivity index (χ1v) is 12.5. The average molecular weight is 539 g/mol. The monoisotopic (exact) mass is 539 g/mol. The summed E-state index contributed by atoms with van der Waals surface area (Å²) in [5, 5.41) is 27.2. The number of esters is 1. The molecule has 0 aliphatic carbocycles. The Kier molecular flexibility index (Phi) is 9.23. The fourth-order valence-electron chi connectivity index (χ4n) is 3.35. The number of nitrogen functional groups attached to an aromatic ring is 1.